The molecule has 4 heterocycles. The SMILES string of the molecule is CC1(COc2ccc(N3CCN(C(=O)CN4CCNCC4)CC3)cc2)Cn2cc([N+](=O)[O-])nc2O1. The Morgan fingerprint density at radius 2 is 1.89 bits per heavy atom. The monoisotopic (exact) mass is 485 g/mol. The molecule has 1 atom stereocenters. The summed E-state index contributed by atoms with van der Waals surface area (Å²) in [7, 11) is 0. The Bertz CT molecular complexity index is 1040. The minimum absolute atomic E-state index is 0.217. The molecule has 3 aliphatic rings. The first-order valence-electron chi connectivity index (χ1n) is 12.0. The lowest BCUT2D eigenvalue weighted by molar-refractivity contribution is -0.389. The Kier molecular flexibility index (Phi) is 6.48. The predicted molar refractivity (Wildman–Crippen MR) is 128 cm³/mol. The molecule has 1 unspecified atom stereocenters. The van der Waals surface area contributed by atoms with Gasteiger partial charge in [-0.15, -0.1) is 0 Å². The smallest absolute Gasteiger partial charge is 0.415 e. The van der Waals surface area contributed by atoms with Gasteiger partial charge in [-0.05, 0) is 36.1 Å². The first-order valence-corrected chi connectivity index (χ1v) is 12.0. The van der Waals surface area contributed by atoms with E-state index in [1.54, 1.807) is 4.57 Å². The second-order valence-corrected chi connectivity index (χ2v) is 9.50. The van der Waals surface area contributed by atoms with Gasteiger partial charge >= 0.3 is 11.8 Å². The van der Waals surface area contributed by atoms with Gasteiger partial charge < -0.3 is 34.7 Å². The molecule has 1 aromatic carbocycles. The number of aromatic nitrogens is 2. The summed E-state index contributed by atoms with van der Waals surface area (Å²) in [5.41, 5.74) is 0.450. The highest BCUT2D eigenvalue weighted by molar-refractivity contribution is 5.78. The van der Waals surface area contributed by atoms with Crippen LogP contribution in [0.2, 0.25) is 0 Å². The summed E-state index contributed by atoms with van der Waals surface area (Å²) in [6, 6.07) is 8.15. The van der Waals surface area contributed by atoms with Crippen LogP contribution in [0.15, 0.2) is 30.5 Å². The van der Waals surface area contributed by atoms with Gasteiger partial charge in [-0.25, -0.2) is 0 Å². The van der Waals surface area contributed by atoms with Crippen LogP contribution in [0.25, 0.3) is 0 Å². The fraction of sp³-hybridized carbons (Fsp3) is 0.565. The first kappa shape index (κ1) is 23.4. The minimum atomic E-state index is -0.649. The zero-order valence-electron chi connectivity index (χ0n) is 19.9. The van der Waals surface area contributed by atoms with Gasteiger partial charge in [0, 0.05) is 63.0 Å². The van der Waals surface area contributed by atoms with E-state index in [0.29, 0.717) is 13.1 Å². The average molecular weight is 486 g/mol. The molecule has 0 saturated carbocycles. The molecule has 0 bridgehead atoms. The van der Waals surface area contributed by atoms with Crippen molar-refractivity contribution in [1.29, 1.82) is 0 Å². The van der Waals surface area contributed by atoms with Gasteiger partial charge in [0.05, 0.1) is 13.1 Å². The molecule has 12 heteroatoms. The fourth-order valence-corrected chi connectivity index (χ4v) is 4.72. The Morgan fingerprint density at radius 3 is 2.54 bits per heavy atom. The largest absolute Gasteiger partial charge is 0.489 e. The molecule has 2 saturated heterocycles. The van der Waals surface area contributed by atoms with Crippen molar-refractivity contribution in [3.05, 3.63) is 40.6 Å². The zero-order valence-corrected chi connectivity index (χ0v) is 19.9. The molecule has 2 aromatic rings. The second kappa shape index (κ2) is 9.70. The number of nitro groups is 1. The van der Waals surface area contributed by atoms with Crippen molar-refractivity contribution in [2.24, 2.45) is 0 Å². The van der Waals surface area contributed by atoms with Gasteiger partial charge in [-0.3, -0.25) is 14.3 Å². The third kappa shape index (κ3) is 5.33. The van der Waals surface area contributed by atoms with Gasteiger partial charge in [0.25, 0.3) is 0 Å². The third-order valence-electron chi connectivity index (χ3n) is 6.70. The molecule has 188 valence electrons. The number of rotatable bonds is 7. The Balaban J connectivity index is 1.08. The molecular weight excluding hydrogens is 454 g/mol. The number of amides is 1. The Hall–Kier alpha value is -3.38. The third-order valence-corrected chi connectivity index (χ3v) is 6.70. The van der Waals surface area contributed by atoms with Crippen molar-refractivity contribution in [3.63, 3.8) is 0 Å². The van der Waals surface area contributed by atoms with Crippen LogP contribution in [-0.2, 0) is 11.3 Å². The summed E-state index contributed by atoms with van der Waals surface area (Å²) in [4.78, 5) is 33.4. The molecule has 1 amide bonds. The highest BCUT2D eigenvalue weighted by atomic mass is 16.6. The van der Waals surface area contributed by atoms with Crippen molar-refractivity contribution in [1.82, 2.24) is 24.7 Å². The topological polar surface area (TPSA) is 118 Å². The maximum absolute atomic E-state index is 12.6. The van der Waals surface area contributed by atoms with Crippen molar-refractivity contribution in [3.8, 4) is 11.8 Å². The van der Waals surface area contributed by atoms with Crippen molar-refractivity contribution in [2.45, 2.75) is 19.1 Å². The van der Waals surface area contributed by atoms with Crippen LogP contribution in [0.5, 0.6) is 11.8 Å². The van der Waals surface area contributed by atoms with E-state index in [1.165, 1.54) is 6.20 Å². The number of ether oxygens (including phenoxy) is 2. The van der Waals surface area contributed by atoms with E-state index < -0.39 is 10.5 Å². The quantitative estimate of drug-likeness (QED) is 0.444. The number of fused-ring (bicyclic) bond motifs is 1. The first-order chi connectivity index (χ1) is 16.9. The van der Waals surface area contributed by atoms with E-state index in [-0.39, 0.29) is 24.3 Å². The molecule has 3 aliphatic heterocycles. The van der Waals surface area contributed by atoms with Gasteiger partial charge in [-0.2, -0.15) is 0 Å². The number of nitrogens with zero attached hydrogens (tertiary/aromatic N) is 6. The summed E-state index contributed by atoms with van der Waals surface area (Å²) in [5, 5.41) is 14.2. The number of carbonyl (C=O) groups is 1. The van der Waals surface area contributed by atoms with Crippen molar-refractivity contribution in [2.75, 3.05) is 70.4 Å². The number of nitrogens with one attached hydrogen (secondary N) is 1. The van der Waals surface area contributed by atoms with Gasteiger partial charge in [0.1, 0.15) is 18.6 Å². The summed E-state index contributed by atoms with van der Waals surface area (Å²) in [6.07, 6.45) is 1.38. The number of hydrogen-bond acceptors (Lipinski definition) is 9. The van der Waals surface area contributed by atoms with E-state index >= 15 is 0 Å². The molecule has 35 heavy (non-hydrogen) atoms. The summed E-state index contributed by atoms with van der Waals surface area (Å²) in [5.74, 6) is 0.719. The lowest BCUT2D eigenvalue weighted by Crippen LogP contribution is -2.53. The number of benzene rings is 1. The van der Waals surface area contributed by atoms with Gasteiger partial charge in [-0.1, -0.05) is 0 Å². The number of anilines is 1. The average Bonchev–Trinajstić information content (AvgIpc) is 3.39. The number of carbonyl (C=O) groups excluding carboxylic acids is 1. The zero-order chi connectivity index (χ0) is 24.4. The van der Waals surface area contributed by atoms with Crippen molar-refractivity contribution >= 4 is 17.4 Å². The number of imidazole rings is 1. The van der Waals surface area contributed by atoms with Crippen molar-refractivity contribution < 1.29 is 19.2 Å². The van der Waals surface area contributed by atoms with E-state index in [1.807, 2.05) is 36.1 Å². The number of hydrogen-bond donors (Lipinski definition) is 1. The summed E-state index contributed by atoms with van der Waals surface area (Å²) < 4.78 is 13.4. The van der Waals surface area contributed by atoms with Crippen LogP contribution < -0.4 is 19.7 Å². The molecule has 2 fully saturated rings. The predicted octanol–water partition coefficient (Wildman–Crippen LogP) is 0.575. The van der Waals surface area contributed by atoms with Crippen LogP contribution in [-0.4, -0.2) is 101 Å². The van der Waals surface area contributed by atoms with Crippen LogP contribution in [0.4, 0.5) is 11.5 Å². The second-order valence-electron chi connectivity index (χ2n) is 9.50. The lowest BCUT2D eigenvalue weighted by atomic mass is 10.1. The Labute approximate surface area is 203 Å². The molecular formula is C23H31N7O5. The molecule has 12 nitrogen and oxygen atoms in total. The van der Waals surface area contributed by atoms with Gasteiger partial charge in [0.2, 0.25) is 5.91 Å². The molecule has 1 aromatic heterocycles. The molecule has 0 aliphatic carbocycles. The van der Waals surface area contributed by atoms with Crippen LogP contribution in [0.1, 0.15) is 6.92 Å². The molecule has 1 N–H and O–H groups in total. The van der Waals surface area contributed by atoms with E-state index in [9.17, 15) is 14.9 Å². The summed E-state index contributed by atoms with van der Waals surface area (Å²) >= 11 is 0. The molecule has 0 spiro atoms. The lowest BCUT2D eigenvalue weighted by Gasteiger charge is -2.37. The standard InChI is InChI=1S/C23H31N7O5/c1-23(16-29-14-20(30(32)33)25-22(29)35-23)17-34-19-4-2-18(3-5-19)27-10-12-28(13-11-27)21(31)15-26-8-6-24-7-9-26/h2-5,14,24H,6-13,15-17H2,1H3. The molecule has 0 radical (unpaired) electrons. The number of piperazine rings is 2. The van der Waals surface area contributed by atoms with Crippen LogP contribution in [0.3, 0.4) is 0 Å². The fourth-order valence-electron chi connectivity index (χ4n) is 4.72. The maximum atomic E-state index is 12.6. The van der Waals surface area contributed by atoms with Gasteiger partial charge in [0.15, 0.2) is 5.60 Å². The van der Waals surface area contributed by atoms with Crippen LogP contribution in [0, 0.1) is 10.1 Å². The Morgan fingerprint density at radius 1 is 1.17 bits per heavy atom. The highest BCUT2D eigenvalue weighted by Gasteiger charge is 2.41. The maximum Gasteiger partial charge on any atom is 0.415 e. The summed E-state index contributed by atoms with van der Waals surface area (Å²) in [6.45, 7) is 9.93. The highest BCUT2D eigenvalue weighted by Crippen LogP contribution is 2.31. The van der Waals surface area contributed by atoms with Crippen LogP contribution >= 0.6 is 0 Å². The minimum Gasteiger partial charge on any atom is -0.489 e. The molecule has 5 rings (SSSR count). The normalized spacial score (nSPS) is 22.5. The van der Waals surface area contributed by atoms with E-state index in [0.717, 1.165) is 63.8 Å². The van der Waals surface area contributed by atoms with E-state index in [2.05, 4.69) is 20.1 Å². The van der Waals surface area contributed by atoms with E-state index in [4.69, 9.17) is 9.47 Å².